The second kappa shape index (κ2) is 7.07. The summed E-state index contributed by atoms with van der Waals surface area (Å²) in [5.74, 6) is -0.405. The van der Waals surface area contributed by atoms with Crippen molar-refractivity contribution >= 4 is 11.9 Å². The largest absolute Gasteiger partial charge is 0.481 e. The topological polar surface area (TPSA) is 69.6 Å². The molecule has 116 valence electrons. The third-order valence-electron chi connectivity index (χ3n) is 3.67. The molecule has 1 aliphatic heterocycles. The van der Waals surface area contributed by atoms with Crippen LogP contribution in [0.4, 0.5) is 0 Å². The maximum atomic E-state index is 11.6. The molecule has 0 radical (unpaired) electrons. The van der Waals surface area contributed by atoms with Gasteiger partial charge in [0.15, 0.2) is 0 Å². The van der Waals surface area contributed by atoms with Gasteiger partial charge in [-0.3, -0.25) is 9.59 Å². The second-order valence-corrected chi connectivity index (χ2v) is 7.10. The SMILES string of the molecule is CC(=O)N1CC(CCC(=O)O)CC(NCC(C)(C)C)C1. The van der Waals surface area contributed by atoms with Crippen LogP contribution in [0.3, 0.4) is 0 Å². The van der Waals surface area contributed by atoms with Crippen LogP contribution in [0.5, 0.6) is 0 Å². The molecule has 0 aromatic carbocycles. The lowest BCUT2D eigenvalue weighted by atomic mass is 9.89. The van der Waals surface area contributed by atoms with E-state index in [2.05, 4.69) is 26.1 Å². The number of nitrogens with one attached hydrogen (secondary N) is 1. The van der Waals surface area contributed by atoms with Crippen LogP contribution in [-0.4, -0.2) is 47.6 Å². The van der Waals surface area contributed by atoms with Crippen molar-refractivity contribution in [3.63, 3.8) is 0 Å². The van der Waals surface area contributed by atoms with E-state index < -0.39 is 5.97 Å². The fourth-order valence-corrected chi connectivity index (χ4v) is 2.60. The average molecular weight is 284 g/mol. The zero-order chi connectivity index (χ0) is 15.3. The summed E-state index contributed by atoms with van der Waals surface area (Å²) in [5, 5.41) is 12.3. The molecular formula is C15H28N2O3. The van der Waals surface area contributed by atoms with E-state index in [4.69, 9.17) is 5.11 Å². The average Bonchev–Trinajstić information content (AvgIpc) is 2.33. The third kappa shape index (κ3) is 6.37. The highest BCUT2D eigenvalue weighted by Crippen LogP contribution is 2.22. The fourth-order valence-electron chi connectivity index (χ4n) is 2.60. The van der Waals surface area contributed by atoms with Gasteiger partial charge in [0.05, 0.1) is 0 Å². The number of hydrogen-bond donors (Lipinski definition) is 2. The minimum atomic E-state index is -0.760. The van der Waals surface area contributed by atoms with Crippen molar-refractivity contribution in [2.45, 2.75) is 53.0 Å². The molecule has 2 atom stereocenters. The highest BCUT2D eigenvalue weighted by molar-refractivity contribution is 5.73. The summed E-state index contributed by atoms with van der Waals surface area (Å²) in [7, 11) is 0. The van der Waals surface area contributed by atoms with Crippen molar-refractivity contribution in [2.24, 2.45) is 11.3 Å². The minimum absolute atomic E-state index is 0.0765. The molecule has 20 heavy (non-hydrogen) atoms. The van der Waals surface area contributed by atoms with Crippen LogP contribution in [0, 0.1) is 11.3 Å². The molecule has 0 saturated carbocycles. The van der Waals surface area contributed by atoms with Crippen molar-refractivity contribution in [1.82, 2.24) is 10.2 Å². The highest BCUT2D eigenvalue weighted by Gasteiger charge is 2.29. The summed E-state index contributed by atoms with van der Waals surface area (Å²) in [4.78, 5) is 24.2. The van der Waals surface area contributed by atoms with Crippen LogP contribution in [0.15, 0.2) is 0 Å². The van der Waals surface area contributed by atoms with Gasteiger partial charge in [-0.2, -0.15) is 0 Å². The Morgan fingerprint density at radius 1 is 1.30 bits per heavy atom. The summed E-state index contributed by atoms with van der Waals surface area (Å²) in [6.07, 6.45) is 1.78. The summed E-state index contributed by atoms with van der Waals surface area (Å²) in [5.41, 5.74) is 0.203. The van der Waals surface area contributed by atoms with Gasteiger partial charge in [-0.1, -0.05) is 20.8 Å². The lowest BCUT2D eigenvalue weighted by molar-refractivity contribution is -0.137. The van der Waals surface area contributed by atoms with E-state index in [9.17, 15) is 9.59 Å². The molecule has 2 unspecified atom stereocenters. The normalized spacial score (nSPS) is 23.7. The van der Waals surface area contributed by atoms with Gasteiger partial charge < -0.3 is 15.3 Å². The Labute approximate surface area is 121 Å². The molecule has 1 rings (SSSR count). The Morgan fingerprint density at radius 2 is 1.95 bits per heavy atom. The van der Waals surface area contributed by atoms with Gasteiger partial charge in [0.2, 0.25) is 5.91 Å². The smallest absolute Gasteiger partial charge is 0.303 e. The first-order valence-electron chi connectivity index (χ1n) is 7.38. The summed E-state index contributed by atoms with van der Waals surface area (Å²) >= 11 is 0. The molecule has 1 saturated heterocycles. The predicted octanol–water partition coefficient (Wildman–Crippen LogP) is 1.72. The highest BCUT2D eigenvalue weighted by atomic mass is 16.4. The van der Waals surface area contributed by atoms with Crippen LogP contribution >= 0.6 is 0 Å². The lowest BCUT2D eigenvalue weighted by Crippen LogP contribution is -2.52. The van der Waals surface area contributed by atoms with Gasteiger partial charge in [-0.05, 0) is 24.2 Å². The van der Waals surface area contributed by atoms with Crippen molar-refractivity contribution < 1.29 is 14.7 Å². The molecule has 2 N–H and O–H groups in total. The van der Waals surface area contributed by atoms with Crippen molar-refractivity contribution in [1.29, 1.82) is 0 Å². The Balaban J connectivity index is 2.56. The van der Waals surface area contributed by atoms with E-state index in [0.29, 0.717) is 13.0 Å². The van der Waals surface area contributed by atoms with E-state index in [1.165, 1.54) is 0 Å². The van der Waals surface area contributed by atoms with E-state index in [0.717, 1.165) is 19.5 Å². The molecule has 0 spiro atoms. The van der Waals surface area contributed by atoms with E-state index in [1.54, 1.807) is 6.92 Å². The van der Waals surface area contributed by atoms with Gasteiger partial charge in [0, 0.05) is 39.0 Å². The molecule has 1 aliphatic rings. The second-order valence-electron chi connectivity index (χ2n) is 7.10. The number of rotatable bonds is 5. The van der Waals surface area contributed by atoms with Crippen LogP contribution in [0.2, 0.25) is 0 Å². The first kappa shape index (κ1) is 17.0. The number of hydrogen-bond acceptors (Lipinski definition) is 3. The predicted molar refractivity (Wildman–Crippen MR) is 78.5 cm³/mol. The maximum Gasteiger partial charge on any atom is 0.303 e. The Morgan fingerprint density at radius 3 is 2.45 bits per heavy atom. The number of carboxylic acid groups (broad SMARTS) is 1. The first-order valence-corrected chi connectivity index (χ1v) is 7.38. The number of carbonyl (C=O) groups excluding carboxylic acids is 1. The zero-order valence-electron chi connectivity index (χ0n) is 13.1. The molecule has 1 heterocycles. The van der Waals surface area contributed by atoms with Gasteiger partial charge >= 0.3 is 5.97 Å². The van der Waals surface area contributed by atoms with Crippen LogP contribution in [0.25, 0.3) is 0 Å². The van der Waals surface area contributed by atoms with Crippen LogP contribution in [0.1, 0.15) is 47.0 Å². The monoisotopic (exact) mass is 284 g/mol. The third-order valence-corrected chi connectivity index (χ3v) is 3.67. The summed E-state index contributed by atoms with van der Waals surface area (Å²) in [6, 6.07) is 0.269. The van der Waals surface area contributed by atoms with E-state index in [-0.39, 0.29) is 29.7 Å². The van der Waals surface area contributed by atoms with E-state index >= 15 is 0 Å². The molecule has 0 aromatic heterocycles. The molecule has 1 amide bonds. The molecule has 0 bridgehead atoms. The number of likely N-dealkylation sites (tertiary alicyclic amines) is 1. The fraction of sp³-hybridized carbons (Fsp3) is 0.867. The van der Waals surface area contributed by atoms with Crippen molar-refractivity contribution in [3.05, 3.63) is 0 Å². The molecular weight excluding hydrogens is 256 g/mol. The molecule has 0 aromatic rings. The Bertz CT molecular complexity index is 350. The number of nitrogens with zero attached hydrogens (tertiary/aromatic N) is 1. The number of aliphatic carboxylic acids is 1. The number of carboxylic acids is 1. The first-order chi connectivity index (χ1) is 9.17. The van der Waals surface area contributed by atoms with Crippen molar-refractivity contribution in [3.8, 4) is 0 Å². The molecule has 1 fully saturated rings. The zero-order valence-corrected chi connectivity index (χ0v) is 13.1. The Kier molecular flexibility index (Phi) is 5.99. The molecule has 5 nitrogen and oxygen atoms in total. The number of carbonyl (C=O) groups is 2. The van der Waals surface area contributed by atoms with Gasteiger partial charge in [0.25, 0.3) is 0 Å². The summed E-state index contributed by atoms with van der Waals surface area (Å²) < 4.78 is 0. The standard InChI is InChI=1S/C15H28N2O3/c1-11(18)17-8-12(5-6-14(19)20)7-13(9-17)16-10-15(2,3)4/h12-13,16H,5-10H2,1-4H3,(H,19,20). The van der Waals surface area contributed by atoms with Gasteiger partial charge in [-0.15, -0.1) is 0 Å². The quantitative estimate of drug-likeness (QED) is 0.806. The van der Waals surface area contributed by atoms with Crippen molar-refractivity contribution in [2.75, 3.05) is 19.6 Å². The molecule has 5 heteroatoms. The summed E-state index contributed by atoms with van der Waals surface area (Å²) in [6.45, 7) is 10.4. The van der Waals surface area contributed by atoms with Crippen LogP contribution < -0.4 is 5.32 Å². The molecule has 0 aliphatic carbocycles. The Hall–Kier alpha value is -1.10. The minimum Gasteiger partial charge on any atom is -0.481 e. The van der Waals surface area contributed by atoms with Gasteiger partial charge in [-0.25, -0.2) is 0 Å². The lowest BCUT2D eigenvalue weighted by Gasteiger charge is -2.38. The van der Waals surface area contributed by atoms with E-state index in [1.807, 2.05) is 4.90 Å². The number of amides is 1. The van der Waals surface area contributed by atoms with Gasteiger partial charge in [0.1, 0.15) is 0 Å². The van der Waals surface area contributed by atoms with Crippen LogP contribution in [-0.2, 0) is 9.59 Å². The number of piperidine rings is 1. The maximum absolute atomic E-state index is 11.6.